The van der Waals surface area contributed by atoms with Crippen LogP contribution in [0.4, 0.5) is 16.0 Å². The molecule has 0 radical (unpaired) electrons. The van der Waals surface area contributed by atoms with Crippen LogP contribution in [0.2, 0.25) is 0 Å². The van der Waals surface area contributed by atoms with Crippen LogP contribution < -0.4 is 10.2 Å². The lowest BCUT2D eigenvalue weighted by molar-refractivity contribution is 0.102. The molecule has 0 saturated carbocycles. The number of carbonyl (C=O) groups is 1. The minimum atomic E-state index is -0.247. The maximum absolute atomic E-state index is 12.3. The van der Waals surface area contributed by atoms with Gasteiger partial charge >= 0.3 is 0 Å². The molecule has 1 N–H and O–H groups in total. The van der Waals surface area contributed by atoms with Gasteiger partial charge in [0.25, 0.3) is 5.91 Å². The molecular formula is C18H16BrN5OS. The van der Waals surface area contributed by atoms with Crippen molar-refractivity contribution < 1.29 is 4.79 Å². The highest BCUT2D eigenvalue weighted by molar-refractivity contribution is 9.10. The van der Waals surface area contributed by atoms with Gasteiger partial charge in [-0.05, 0) is 45.8 Å². The molecule has 132 valence electrons. The summed E-state index contributed by atoms with van der Waals surface area (Å²) in [6, 6.07) is 15.2. The molecular weight excluding hydrogens is 414 g/mol. The lowest BCUT2D eigenvalue weighted by Gasteiger charge is -2.11. The Labute approximate surface area is 163 Å². The van der Waals surface area contributed by atoms with Crippen molar-refractivity contribution >= 4 is 55.3 Å². The molecule has 1 amide bonds. The Bertz CT molecular complexity index is 937. The van der Waals surface area contributed by atoms with Gasteiger partial charge in [0.15, 0.2) is 0 Å². The number of aliphatic imine (C=N–C) groups is 1. The monoisotopic (exact) mass is 429 g/mol. The van der Waals surface area contributed by atoms with Crippen molar-refractivity contribution in [1.82, 2.24) is 10.2 Å². The van der Waals surface area contributed by atoms with Crippen LogP contribution in [-0.4, -0.2) is 36.4 Å². The number of carbonyl (C=O) groups excluding carboxylic acids is 1. The second kappa shape index (κ2) is 8.20. The topological polar surface area (TPSA) is 70.5 Å². The summed E-state index contributed by atoms with van der Waals surface area (Å²) < 4.78 is 0.724. The maximum atomic E-state index is 12.3. The summed E-state index contributed by atoms with van der Waals surface area (Å²) in [4.78, 5) is 18.6. The third-order valence-corrected chi connectivity index (χ3v) is 4.93. The van der Waals surface area contributed by atoms with Gasteiger partial charge in [-0.25, -0.2) is 4.99 Å². The third-order valence-electron chi connectivity index (χ3n) is 3.49. The van der Waals surface area contributed by atoms with Crippen LogP contribution in [0.25, 0.3) is 0 Å². The number of aromatic nitrogens is 2. The number of amides is 1. The summed E-state index contributed by atoms with van der Waals surface area (Å²) in [5, 5.41) is 11.6. The first kappa shape index (κ1) is 18.2. The molecule has 0 spiro atoms. The molecule has 0 aliphatic rings. The Hall–Kier alpha value is -2.58. The van der Waals surface area contributed by atoms with Gasteiger partial charge in [0.2, 0.25) is 10.3 Å². The fourth-order valence-electron chi connectivity index (χ4n) is 2.12. The van der Waals surface area contributed by atoms with E-state index in [1.807, 2.05) is 55.4 Å². The second-order valence-corrected chi connectivity index (χ2v) is 7.38. The molecule has 0 aliphatic carbocycles. The van der Waals surface area contributed by atoms with Crippen molar-refractivity contribution in [3.8, 4) is 0 Å². The molecule has 3 rings (SSSR count). The van der Waals surface area contributed by atoms with Gasteiger partial charge in [0, 0.05) is 30.5 Å². The Balaban J connectivity index is 1.66. The van der Waals surface area contributed by atoms with E-state index in [4.69, 9.17) is 0 Å². The average molecular weight is 430 g/mol. The van der Waals surface area contributed by atoms with Crippen LogP contribution in [0.3, 0.4) is 0 Å². The van der Waals surface area contributed by atoms with Gasteiger partial charge < -0.3 is 4.90 Å². The Morgan fingerprint density at radius 3 is 2.58 bits per heavy atom. The number of nitrogens with one attached hydrogen (secondary N) is 1. The molecule has 0 fully saturated rings. The van der Waals surface area contributed by atoms with E-state index in [0.717, 1.165) is 15.7 Å². The SMILES string of the molecule is CN(C)c1ccc(/C=N/c2nnc(NC(=O)c3ccccc3Br)s2)cc1. The second-order valence-electron chi connectivity index (χ2n) is 5.57. The van der Waals surface area contributed by atoms with E-state index < -0.39 is 0 Å². The number of benzene rings is 2. The van der Waals surface area contributed by atoms with Crippen molar-refractivity contribution in [2.24, 2.45) is 4.99 Å². The van der Waals surface area contributed by atoms with Gasteiger partial charge in [-0.1, -0.05) is 35.6 Å². The molecule has 2 aromatic carbocycles. The molecule has 3 aromatic rings. The van der Waals surface area contributed by atoms with Crippen LogP contribution in [0, 0.1) is 0 Å². The summed E-state index contributed by atoms with van der Waals surface area (Å²) in [7, 11) is 3.99. The van der Waals surface area contributed by atoms with Gasteiger partial charge in [0.1, 0.15) is 0 Å². The van der Waals surface area contributed by atoms with E-state index in [1.54, 1.807) is 18.3 Å². The molecule has 0 atom stereocenters. The summed E-state index contributed by atoms with van der Waals surface area (Å²) >= 11 is 4.57. The molecule has 0 aliphatic heterocycles. The van der Waals surface area contributed by atoms with Gasteiger partial charge in [-0.2, -0.15) is 0 Å². The van der Waals surface area contributed by atoms with Crippen molar-refractivity contribution in [2.45, 2.75) is 0 Å². The number of nitrogens with zero attached hydrogens (tertiary/aromatic N) is 4. The maximum Gasteiger partial charge on any atom is 0.258 e. The molecule has 1 heterocycles. The minimum absolute atomic E-state index is 0.247. The zero-order valence-electron chi connectivity index (χ0n) is 14.2. The van der Waals surface area contributed by atoms with E-state index in [2.05, 4.69) is 36.4 Å². The van der Waals surface area contributed by atoms with Gasteiger partial charge in [0.05, 0.1) is 5.56 Å². The van der Waals surface area contributed by atoms with Crippen molar-refractivity contribution in [3.05, 3.63) is 64.1 Å². The molecule has 0 bridgehead atoms. The number of hydrogen-bond acceptors (Lipinski definition) is 6. The highest BCUT2D eigenvalue weighted by Crippen LogP contribution is 2.24. The Morgan fingerprint density at radius 2 is 1.88 bits per heavy atom. The standard InChI is InChI=1S/C18H16BrN5OS/c1-24(2)13-9-7-12(8-10-13)11-20-17-22-23-18(26-17)21-16(25)14-5-3-4-6-15(14)19/h3-11H,1-2H3,(H,21,23,25)/b20-11+. The molecule has 0 unspecified atom stereocenters. The highest BCUT2D eigenvalue weighted by atomic mass is 79.9. The lowest BCUT2D eigenvalue weighted by atomic mass is 10.2. The Morgan fingerprint density at radius 1 is 1.15 bits per heavy atom. The minimum Gasteiger partial charge on any atom is -0.378 e. The smallest absolute Gasteiger partial charge is 0.258 e. The number of halogens is 1. The van der Waals surface area contributed by atoms with Crippen LogP contribution in [0.5, 0.6) is 0 Å². The predicted octanol–water partition coefficient (Wildman–Crippen LogP) is 4.37. The summed E-state index contributed by atoms with van der Waals surface area (Å²) in [5.74, 6) is -0.247. The van der Waals surface area contributed by atoms with Crippen LogP contribution in [-0.2, 0) is 0 Å². The highest BCUT2D eigenvalue weighted by Gasteiger charge is 2.12. The number of anilines is 2. The van der Waals surface area contributed by atoms with Crippen molar-refractivity contribution in [2.75, 3.05) is 24.3 Å². The van der Waals surface area contributed by atoms with Crippen LogP contribution in [0.1, 0.15) is 15.9 Å². The van der Waals surface area contributed by atoms with E-state index in [1.165, 1.54) is 11.3 Å². The van der Waals surface area contributed by atoms with Gasteiger partial charge in [-0.3, -0.25) is 10.1 Å². The molecule has 1 aromatic heterocycles. The first-order valence-corrected chi connectivity index (χ1v) is 9.35. The van der Waals surface area contributed by atoms with Crippen molar-refractivity contribution in [3.63, 3.8) is 0 Å². The summed E-state index contributed by atoms with van der Waals surface area (Å²) in [6.07, 6.45) is 1.72. The van der Waals surface area contributed by atoms with Gasteiger partial charge in [-0.15, -0.1) is 10.2 Å². The number of hydrogen-bond donors (Lipinski definition) is 1. The van der Waals surface area contributed by atoms with Crippen molar-refractivity contribution in [1.29, 1.82) is 0 Å². The zero-order chi connectivity index (χ0) is 18.5. The fraction of sp³-hybridized carbons (Fsp3) is 0.111. The number of rotatable bonds is 5. The fourth-order valence-corrected chi connectivity index (χ4v) is 3.17. The average Bonchev–Trinajstić information content (AvgIpc) is 3.08. The molecule has 8 heteroatoms. The van der Waals surface area contributed by atoms with E-state index in [0.29, 0.717) is 15.8 Å². The quantitative estimate of drug-likeness (QED) is 0.611. The summed E-state index contributed by atoms with van der Waals surface area (Å²) in [6.45, 7) is 0. The molecule has 6 nitrogen and oxygen atoms in total. The summed E-state index contributed by atoms with van der Waals surface area (Å²) in [5.41, 5.74) is 2.62. The third kappa shape index (κ3) is 4.53. The zero-order valence-corrected chi connectivity index (χ0v) is 16.6. The van der Waals surface area contributed by atoms with E-state index in [9.17, 15) is 4.79 Å². The van der Waals surface area contributed by atoms with E-state index >= 15 is 0 Å². The predicted molar refractivity (Wildman–Crippen MR) is 110 cm³/mol. The first-order valence-electron chi connectivity index (χ1n) is 7.74. The van der Waals surface area contributed by atoms with E-state index in [-0.39, 0.29) is 5.91 Å². The Kier molecular flexibility index (Phi) is 5.75. The van der Waals surface area contributed by atoms with Crippen LogP contribution in [0.15, 0.2) is 58.0 Å². The lowest BCUT2D eigenvalue weighted by Crippen LogP contribution is -2.12. The first-order chi connectivity index (χ1) is 12.5. The van der Waals surface area contributed by atoms with Crippen LogP contribution >= 0.6 is 27.3 Å². The normalized spacial score (nSPS) is 10.9. The largest absolute Gasteiger partial charge is 0.378 e. The molecule has 26 heavy (non-hydrogen) atoms. The molecule has 0 saturated heterocycles.